The minimum absolute atomic E-state index is 0.0388. The average molecular weight is 283 g/mol. The predicted octanol–water partition coefficient (Wildman–Crippen LogP) is -0.119. The second-order valence-corrected chi connectivity index (χ2v) is 5.79. The van der Waals surface area contributed by atoms with Gasteiger partial charge in [0, 0.05) is 12.6 Å². The molecule has 6 heteroatoms. The van der Waals surface area contributed by atoms with Gasteiger partial charge in [-0.25, -0.2) is 0 Å². The van der Waals surface area contributed by atoms with E-state index in [0.717, 1.165) is 25.8 Å². The van der Waals surface area contributed by atoms with Crippen LogP contribution in [0.5, 0.6) is 0 Å². The van der Waals surface area contributed by atoms with Crippen molar-refractivity contribution >= 4 is 11.8 Å². The van der Waals surface area contributed by atoms with Crippen LogP contribution in [0.25, 0.3) is 0 Å². The van der Waals surface area contributed by atoms with E-state index in [9.17, 15) is 9.59 Å². The van der Waals surface area contributed by atoms with Gasteiger partial charge in [0.1, 0.15) is 6.04 Å². The lowest BCUT2D eigenvalue weighted by molar-refractivity contribution is -0.150. The summed E-state index contributed by atoms with van der Waals surface area (Å²) < 4.78 is 5.38. The van der Waals surface area contributed by atoms with Gasteiger partial charge in [0.2, 0.25) is 11.8 Å². The van der Waals surface area contributed by atoms with Gasteiger partial charge < -0.3 is 20.3 Å². The van der Waals surface area contributed by atoms with E-state index in [2.05, 4.69) is 10.6 Å². The molecular formula is C14H25N3O3. The minimum atomic E-state index is -0.498. The topological polar surface area (TPSA) is 70.7 Å². The Labute approximate surface area is 120 Å². The normalized spacial score (nSPS) is 27.4. The maximum Gasteiger partial charge on any atom is 0.245 e. The van der Waals surface area contributed by atoms with Crippen molar-refractivity contribution in [3.8, 4) is 0 Å². The van der Waals surface area contributed by atoms with Gasteiger partial charge >= 0.3 is 0 Å². The third-order valence-electron chi connectivity index (χ3n) is 3.75. The number of nitrogens with zero attached hydrogens (tertiary/aromatic N) is 1. The molecule has 0 aromatic carbocycles. The van der Waals surface area contributed by atoms with Gasteiger partial charge in [-0.15, -0.1) is 0 Å². The molecule has 20 heavy (non-hydrogen) atoms. The Balaban J connectivity index is 2.01. The zero-order valence-electron chi connectivity index (χ0n) is 12.4. The summed E-state index contributed by atoms with van der Waals surface area (Å²) in [4.78, 5) is 26.5. The first-order chi connectivity index (χ1) is 9.59. The Morgan fingerprint density at radius 3 is 2.80 bits per heavy atom. The van der Waals surface area contributed by atoms with E-state index in [1.165, 1.54) is 0 Å². The number of piperidine rings is 1. The lowest BCUT2D eigenvalue weighted by Crippen LogP contribution is -2.60. The third-order valence-corrected chi connectivity index (χ3v) is 3.75. The molecule has 114 valence electrons. The maximum atomic E-state index is 12.6. The van der Waals surface area contributed by atoms with Crippen molar-refractivity contribution in [3.63, 3.8) is 0 Å². The molecule has 2 heterocycles. The molecule has 2 unspecified atom stereocenters. The molecule has 2 saturated heterocycles. The Bertz CT molecular complexity index is 354. The molecule has 0 aromatic rings. The Kier molecular flexibility index (Phi) is 5.37. The van der Waals surface area contributed by atoms with Crippen molar-refractivity contribution in [2.24, 2.45) is 0 Å². The quantitative estimate of drug-likeness (QED) is 0.757. The lowest BCUT2D eigenvalue weighted by atomic mass is 10.0. The van der Waals surface area contributed by atoms with Gasteiger partial charge in [-0.3, -0.25) is 9.59 Å². The van der Waals surface area contributed by atoms with Crippen LogP contribution >= 0.6 is 0 Å². The highest BCUT2D eigenvalue weighted by Crippen LogP contribution is 2.14. The number of hydrogen-bond acceptors (Lipinski definition) is 4. The van der Waals surface area contributed by atoms with Crippen molar-refractivity contribution in [2.75, 3.05) is 26.3 Å². The summed E-state index contributed by atoms with van der Waals surface area (Å²) in [5.74, 6) is -0.0826. The molecule has 2 aliphatic rings. The fourth-order valence-electron chi connectivity index (χ4n) is 2.73. The van der Waals surface area contributed by atoms with Crippen molar-refractivity contribution in [1.82, 2.24) is 15.5 Å². The monoisotopic (exact) mass is 283 g/mol. The number of ether oxygens (including phenoxy) is 1. The Hall–Kier alpha value is -1.14. The summed E-state index contributed by atoms with van der Waals surface area (Å²) in [5.41, 5.74) is 0. The van der Waals surface area contributed by atoms with E-state index in [4.69, 9.17) is 4.74 Å². The first kappa shape index (κ1) is 15.3. The molecule has 0 spiro atoms. The second kappa shape index (κ2) is 7.04. The highest BCUT2D eigenvalue weighted by molar-refractivity contribution is 5.90. The van der Waals surface area contributed by atoms with Crippen LogP contribution in [0, 0.1) is 0 Å². The molecule has 2 atom stereocenters. The van der Waals surface area contributed by atoms with Crippen LogP contribution in [-0.4, -0.2) is 61.1 Å². The van der Waals surface area contributed by atoms with Crippen LogP contribution < -0.4 is 10.6 Å². The highest BCUT2D eigenvalue weighted by Gasteiger charge is 2.36. The summed E-state index contributed by atoms with van der Waals surface area (Å²) in [5, 5.41) is 6.12. The van der Waals surface area contributed by atoms with Crippen molar-refractivity contribution in [1.29, 1.82) is 0 Å². The zero-order chi connectivity index (χ0) is 14.5. The molecule has 0 bridgehead atoms. The van der Waals surface area contributed by atoms with Crippen LogP contribution in [0.2, 0.25) is 0 Å². The molecule has 0 aliphatic carbocycles. The number of carbonyl (C=O) groups excluding carboxylic acids is 2. The number of carbonyl (C=O) groups is 2. The van der Waals surface area contributed by atoms with E-state index in [1.54, 1.807) is 4.90 Å². The molecule has 0 saturated carbocycles. The van der Waals surface area contributed by atoms with E-state index in [-0.39, 0.29) is 30.5 Å². The van der Waals surface area contributed by atoms with Gasteiger partial charge in [-0.2, -0.15) is 0 Å². The summed E-state index contributed by atoms with van der Waals surface area (Å²) in [6.07, 6.45) is 3.04. The molecule has 2 aliphatic heterocycles. The lowest BCUT2D eigenvalue weighted by Gasteiger charge is -2.38. The molecule has 0 aromatic heterocycles. The molecule has 2 rings (SSSR count). The number of amides is 2. The highest BCUT2D eigenvalue weighted by atomic mass is 16.5. The average Bonchev–Trinajstić information content (AvgIpc) is 2.46. The molecule has 2 fully saturated rings. The molecule has 2 amide bonds. The van der Waals surface area contributed by atoms with Crippen LogP contribution in [0.15, 0.2) is 0 Å². The van der Waals surface area contributed by atoms with Gasteiger partial charge in [0.15, 0.2) is 0 Å². The van der Waals surface area contributed by atoms with Crippen molar-refractivity contribution in [3.05, 3.63) is 0 Å². The largest absolute Gasteiger partial charge is 0.377 e. The van der Waals surface area contributed by atoms with Gasteiger partial charge in [0.05, 0.1) is 19.3 Å². The summed E-state index contributed by atoms with van der Waals surface area (Å²) in [7, 11) is 0. The first-order valence-corrected chi connectivity index (χ1v) is 7.51. The Morgan fingerprint density at radius 1 is 1.35 bits per heavy atom. The van der Waals surface area contributed by atoms with E-state index < -0.39 is 6.04 Å². The van der Waals surface area contributed by atoms with Crippen molar-refractivity contribution < 1.29 is 14.3 Å². The standard InChI is InChI=1S/C14H25N3O3/c1-10(2)16-13(18)12-9-20-8-7-17(12)14(19)11-5-3-4-6-15-11/h10-12,15H,3-9H2,1-2H3,(H,16,18). The van der Waals surface area contributed by atoms with E-state index >= 15 is 0 Å². The van der Waals surface area contributed by atoms with Crippen molar-refractivity contribution in [2.45, 2.75) is 51.2 Å². The van der Waals surface area contributed by atoms with Crippen LogP contribution in [0.4, 0.5) is 0 Å². The minimum Gasteiger partial charge on any atom is -0.377 e. The number of rotatable bonds is 3. The zero-order valence-corrected chi connectivity index (χ0v) is 12.4. The van der Waals surface area contributed by atoms with Crippen LogP contribution in [0.1, 0.15) is 33.1 Å². The number of morpholine rings is 1. The smallest absolute Gasteiger partial charge is 0.245 e. The molecule has 0 radical (unpaired) electrons. The summed E-state index contributed by atoms with van der Waals surface area (Å²) in [6.45, 7) is 5.99. The summed E-state index contributed by atoms with van der Waals surface area (Å²) in [6, 6.07) is -0.576. The fourth-order valence-corrected chi connectivity index (χ4v) is 2.73. The second-order valence-electron chi connectivity index (χ2n) is 5.79. The number of hydrogen-bond donors (Lipinski definition) is 2. The Morgan fingerprint density at radius 2 is 2.15 bits per heavy atom. The van der Waals surface area contributed by atoms with Crippen LogP contribution in [-0.2, 0) is 14.3 Å². The molecule has 6 nitrogen and oxygen atoms in total. The van der Waals surface area contributed by atoms with Gasteiger partial charge in [0.25, 0.3) is 0 Å². The fraction of sp³-hybridized carbons (Fsp3) is 0.857. The van der Waals surface area contributed by atoms with E-state index in [0.29, 0.717) is 13.2 Å². The van der Waals surface area contributed by atoms with Gasteiger partial charge in [-0.1, -0.05) is 6.42 Å². The predicted molar refractivity (Wildman–Crippen MR) is 75.2 cm³/mol. The summed E-state index contributed by atoms with van der Waals surface area (Å²) >= 11 is 0. The maximum absolute atomic E-state index is 12.6. The first-order valence-electron chi connectivity index (χ1n) is 7.51. The van der Waals surface area contributed by atoms with E-state index in [1.807, 2.05) is 13.8 Å². The number of nitrogens with one attached hydrogen (secondary N) is 2. The molecule has 2 N–H and O–H groups in total. The third kappa shape index (κ3) is 3.70. The van der Waals surface area contributed by atoms with Crippen LogP contribution in [0.3, 0.4) is 0 Å². The molecular weight excluding hydrogens is 258 g/mol. The SMILES string of the molecule is CC(C)NC(=O)C1COCCN1C(=O)C1CCCCN1. The van der Waals surface area contributed by atoms with Gasteiger partial charge in [-0.05, 0) is 33.2 Å².